The van der Waals surface area contributed by atoms with E-state index in [1.165, 1.54) is 0 Å². The molecule has 35 heavy (non-hydrogen) atoms. The SMILES string of the molecule is CC[C@H](C)OC(=O)N1Cc2cc(Cl)ccc2-n2c(nnc2N2CC3(CN(c4cnccn4)C3)C2)C1. The number of hydrogen-bond donors (Lipinski definition) is 0. The monoisotopic (exact) mass is 494 g/mol. The molecule has 2 saturated heterocycles. The smallest absolute Gasteiger partial charge is 0.410 e. The molecule has 2 fully saturated rings. The number of carbonyl (C=O) groups is 1. The first-order valence-corrected chi connectivity index (χ1v) is 12.3. The highest BCUT2D eigenvalue weighted by molar-refractivity contribution is 6.30. The molecule has 3 aliphatic heterocycles. The summed E-state index contributed by atoms with van der Waals surface area (Å²) in [5.41, 5.74) is 2.11. The molecular weight excluding hydrogens is 468 g/mol. The van der Waals surface area contributed by atoms with Gasteiger partial charge in [-0.15, -0.1) is 10.2 Å². The summed E-state index contributed by atoms with van der Waals surface area (Å²) in [6.07, 6.45) is 5.47. The van der Waals surface area contributed by atoms with Crippen LogP contribution in [0.25, 0.3) is 5.69 Å². The fourth-order valence-electron chi connectivity index (χ4n) is 5.14. The molecule has 0 radical (unpaired) electrons. The van der Waals surface area contributed by atoms with E-state index >= 15 is 0 Å². The second-order valence-corrected chi connectivity index (χ2v) is 10.2. The van der Waals surface area contributed by atoms with Crippen molar-refractivity contribution in [2.45, 2.75) is 39.5 Å². The van der Waals surface area contributed by atoms with E-state index in [2.05, 4.69) is 34.5 Å². The molecule has 11 heteroatoms. The van der Waals surface area contributed by atoms with Gasteiger partial charge in [0.05, 0.1) is 25.0 Å². The standard InChI is InChI=1S/C24H27ClN8O2/c1-3-16(2)35-23(34)30-10-17-8-18(25)4-5-19(17)33-21(11-30)28-29-22(33)32-14-24(15-32)12-31(13-24)20-9-26-6-7-27-20/h4-9,16H,3,10-15H2,1-2H3/t16-/m0/s1. The van der Waals surface area contributed by atoms with Crippen molar-refractivity contribution < 1.29 is 9.53 Å². The van der Waals surface area contributed by atoms with Crippen LogP contribution in [0.3, 0.4) is 0 Å². The van der Waals surface area contributed by atoms with Crippen LogP contribution < -0.4 is 9.80 Å². The quantitative estimate of drug-likeness (QED) is 0.545. The van der Waals surface area contributed by atoms with Crippen LogP contribution in [-0.4, -0.2) is 68.0 Å². The van der Waals surface area contributed by atoms with Crippen LogP contribution in [0.4, 0.5) is 16.6 Å². The Kier molecular flexibility index (Phi) is 5.28. The van der Waals surface area contributed by atoms with Crippen molar-refractivity contribution in [3.05, 3.63) is 53.2 Å². The Bertz CT molecular complexity index is 1250. The molecule has 0 bridgehead atoms. The molecule has 6 rings (SSSR count). The zero-order valence-electron chi connectivity index (χ0n) is 19.8. The predicted octanol–water partition coefficient (Wildman–Crippen LogP) is 3.29. The topological polar surface area (TPSA) is 92.5 Å². The molecule has 0 saturated carbocycles. The Labute approximate surface area is 208 Å². The second kappa shape index (κ2) is 8.37. The van der Waals surface area contributed by atoms with Crippen molar-refractivity contribution in [1.82, 2.24) is 29.6 Å². The number of aromatic nitrogens is 5. The molecule has 0 aliphatic carbocycles. The Hall–Kier alpha value is -3.40. The van der Waals surface area contributed by atoms with Crippen molar-refractivity contribution in [1.29, 1.82) is 0 Å². The fourth-order valence-corrected chi connectivity index (χ4v) is 5.33. The van der Waals surface area contributed by atoms with Gasteiger partial charge in [0, 0.05) is 49.0 Å². The Balaban J connectivity index is 1.24. The summed E-state index contributed by atoms with van der Waals surface area (Å²) in [5.74, 6) is 2.42. The molecule has 1 aromatic carbocycles. The third-order valence-electron chi connectivity index (χ3n) is 7.09. The van der Waals surface area contributed by atoms with Crippen LogP contribution in [0.2, 0.25) is 5.02 Å². The summed E-state index contributed by atoms with van der Waals surface area (Å²) in [6.45, 7) is 8.28. The summed E-state index contributed by atoms with van der Waals surface area (Å²) >= 11 is 6.33. The minimum atomic E-state index is -0.357. The first-order valence-electron chi connectivity index (χ1n) is 11.9. The van der Waals surface area contributed by atoms with E-state index in [1.54, 1.807) is 17.3 Å². The molecule has 5 heterocycles. The first-order chi connectivity index (χ1) is 16.9. The van der Waals surface area contributed by atoms with Crippen molar-refractivity contribution in [3.8, 4) is 5.69 Å². The van der Waals surface area contributed by atoms with Gasteiger partial charge in [0.1, 0.15) is 11.9 Å². The zero-order chi connectivity index (χ0) is 24.2. The van der Waals surface area contributed by atoms with E-state index < -0.39 is 0 Å². The largest absolute Gasteiger partial charge is 0.446 e. The Morgan fingerprint density at radius 3 is 2.69 bits per heavy atom. The van der Waals surface area contributed by atoms with Crippen LogP contribution in [0.5, 0.6) is 0 Å². The number of rotatable bonds is 4. The average molecular weight is 495 g/mol. The molecule has 3 aliphatic rings. The number of fused-ring (bicyclic) bond motifs is 3. The molecule has 1 spiro atoms. The molecule has 182 valence electrons. The summed E-state index contributed by atoms with van der Waals surface area (Å²) in [7, 11) is 0. The number of carbonyl (C=O) groups excluding carboxylic acids is 1. The van der Waals surface area contributed by atoms with E-state index in [0.717, 1.165) is 55.6 Å². The van der Waals surface area contributed by atoms with Gasteiger partial charge >= 0.3 is 6.09 Å². The molecule has 1 amide bonds. The molecule has 1 atom stereocenters. The van der Waals surface area contributed by atoms with E-state index in [-0.39, 0.29) is 17.6 Å². The maximum absolute atomic E-state index is 12.9. The van der Waals surface area contributed by atoms with Gasteiger partial charge in [-0.05, 0) is 37.1 Å². The van der Waals surface area contributed by atoms with Gasteiger partial charge < -0.3 is 14.5 Å². The van der Waals surface area contributed by atoms with E-state index in [0.29, 0.717) is 23.9 Å². The number of amides is 1. The number of ether oxygens (including phenoxy) is 1. The molecular formula is C24H27ClN8O2. The van der Waals surface area contributed by atoms with Crippen molar-refractivity contribution in [2.24, 2.45) is 5.41 Å². The van der Waals surface area contributed by atoms with Crippen LogP contribution in [-0.2, 0) is 17.8 Å². The Morgan fingerprint density at radius 1 is 1.14 bits per heavy atom. The molecule has 10 nitrogen and oxygen atoms in total. The van der Waals surface area contributed by atoms with Gasteiger partial charge in [-0.3, -0.25) is 14.5 Å². The van der Waals surface area contributed by atoms with Crippen LogP contribution in [0.1, 0.15) is 31.7 Å². The maximum Gasteiger partial charge on any atom is 0.410 e. The van der Waals surface area contributed by atoms with Gasteiger partial charge in [0.15, 0.2) is 5.82 Å². The minimum absolute atomic E-state index is 0.154. The van der Waals surface area contributed by atoms with Crippen LogP contribution in [0.15, 0.2) is 36.8 Å². The van der Waals surface area contributed by atoms with Gasteiger partial charge in [-0.1, -0.05) is 18.5 Å². The number of halogens is 1. The van der Waals surface area contributed by atoms with Gasteiger partial charge in [-0.25, -0.2) is 9.78 Å². The minimum Gasteiger partial charge on any atom is -0.446 e. The summed E-state index contributed by atoms with van der Waals surface area (Å²) < 4.78 is 7.67. The molecule has 0 unspecified atom stereocenters. The van der Waals surface area contributed by atoms with Crippen LogP contribution in [0, 0.1) is 5.41 Å². The first kappa shape index (κ1) is 22.1. The lowest BCUT2D eigenvalue weighted by Gasteiger charge is -2.60. The summed E-state index contributed by atoms with van der Waals surface area (Å²) in [6, 6.07) is 5.75. The number of benzene rings is 1. The highest BCUT2D eigenvalue weighted by atomic mass is 35.5. The summed E-state index contributed by atoms with van der Waals surface area (Å²) in [4.78, 5) is 27.7. The van der Waals surface area contributed by atoms with Crippen molar-refractivity contribution in [2.75, 3.05) is 36.0 Å². The number of anilines is 2. The average Bonchev–Trinajstić information content (AvgIpc) is 3.12. The third-order valence-corrected chi connectivity index (χ3v) is 7.32. The molecule has 2 aromatic heterocycles. The fraction of sp³-hybridized carbons (Fsp3) is 0.458. The number of hydrogen-bond acceptors (Lipinski definition) is 8. The number of nitrogens with zero attached hydrogens (tertiary/aromatic N) is 8. The normalized spacial score (nSPS) is 18.8. The van der Waals surface area contributed by atoms with Crippen LogP contribution >= 0.6 is 11.6 Å². The van der Waals surface area contributed by atoms with Crippen molar-refractivity contribution in [3.63, 3.8) is 0 Å². The Morgan fingerprint density at radius 2 is 1.94 bits per heavy atom. The third kappa shape index (κ3) is 3.85. The molecule has 0 N–H and O–H groups in total. The van der Waals surface area contributed by atoms with E-state index in [9.17, 15) is 4.79 Å². The van der Waals surface area contributed by atoms with Crippen molar-refractivity contribution >= 4 is 29.5 Å². The highest BCUT2D eigenvalue weighted by Gasteiger charge is 2.53. The lowest BCUT2D eigenvalue weighted by Crippen LogP contribution is -2.73. The summed E-state index contributed by atoms with van der Waals surface area (Å²) in [5, 5.41) is 9.66. The van der Waals surface area contributed by atoms with Gasteiger partial charge in [0.25, 0.3) is 0 Å². The van der Waals surface area contributed by atoms with E-state index in [4.69, 9.17) is 16.3 Å². The van der Waals surface area contributed by atoms with Gasteiger partial charge in [-0.2, -0.15) is 0 Å². The lowest BCUT2D eigenvalue weighted by atomic mass is 9.73. The zero-order valence-corrected chi connectivity index (χ0v) is 20.5. The second-order valence-electron chi connectivity index (χ2n) is 9.76. The molecule has 3 aromatic rings. The van der Waals surface area contributed by atoms with E-state index in [1.807, 2.05) is 38.2 Å². The highest BCUT2D eigenvalue weighted by Crippen LogP contribution is 2.43. The predicted molar refractivity (Wildman–Crippen MR) is 131 cm³/mol. The van der Waals surface area contributed by atoms with Gasteiger partial charge in [0.2, 0.25) is 5.95 Å². The lowest BCUT2D eigenvalue weighted by molar-refractivity contribution is 0.0637. The maximum atomic E-state index is 12.9.